The number of hydrogen-bond acceptors (Lipinski definition) is 4. The largest absolute Gasteiger partial charge is 0.469 e. The molecular formula is C15H28N2O2. The molecule has 0 radical (unpaired) electrons. The lowest BCUT2D eigenvalue weighted by Crippen LogP contribution is -2.43. The molecule has 1 atom stereocenters. The van der Waals surface area contributed by atoms with Crippen LogP contribution < -0.4 is 5.32 Å². The summed E-state index contributed by atoms with van der Waals surface area (Å²) in [4.78, 5) is 14.1. The molecule has 0 aromatic carbocycles. The first-order chi connectivity index (χ1) is 9.29. The van der Waals surface area contributed by atoms with Crippen molar-refractivity contribution in [2.75, 3.05) is 26.7 Å². The lowest BCUT2D eigenvalue weighted by Gasteiger charge is -2.31. The quantitative estimate of drug-likeness (QED) is 0.627. The third-order valence-electron chi connectivity index (χ3n) is 4.49. The summed E-state index contributed by atoms with van der Waals surface area (Å²) in [6.45, 7) is 3.19. The normalized spacial score (nSPS) is 27.5. The van der Waals surface area contributed by atoms with Gasteiger partial charge >= 0.3 is 5.97 Å². The molecule has 2 fully saturated rings. The Morgan fingerprint density at radius 3 is 2.63 bits per heavy atom. The Balaban J connectivity index is 1.89. The van der Waals surface area contributed by atoms with E-state index in [1.54, 1.807) is 0 Å². The summed E-state index contributed by atoms with van der Waals surface area (Å²) in [5.41, 5.74) is 0. The SMILES string of the molecule is COC(=O)CC1CN(C2CCCCCC2)CCCN1. The van der Waals surface area contributed by atoms with E-state index in [2.05, 4.69) is 10.2 Å². The molecule has 1 heterocycles. The summed E-state index contributed by atoms with van der Waals surface area (Å²) < 4.78 is 4.80. The first-order valence-electron chi connectivity index (χ1n) is 7.84. The Morgan fingerprint density at radius 2 is 1.95 bits per heavy atom. The fraction of sp³-hybridized carbons (Fsp3) is 0.933. The van der Waals surface area contributed by atoms with Gasteiger partial charge in [0.1, 0.15) is 0 Å². The molecule has 0 aromatic rings. The molecule has 0 aromatic heterocycles. The van der Waals surface area contributed by atoms with Crippen LogP contribution in [0.3, 0.4) is 0 Å². The first-order valence-corrected chi connectivity index (χ1v) is 7.84. The predicted molar refractivity (Wildman–Crippen MR) is 76.1 cm³/mol. The molecule has 1 unspecified atom stereocenters. The Labute approximate surface area is 116 Å². The molecular weight excluding hydrogens is 240 g/mol. The highest BCUT2D eigenvalue weighted by atomic mass is 16.5. The zero-order chi connectivity index (χ0) is 13.5. The number of carbonyl (C=O) groups excluding carboxylic acids is 1. The van der Waals surface area contributed by atoms with Gasteiger partial charge in [0.05, 0.1) is 13.5 Å². The molecule has 19 heavy (non-hydrogen) atoms. The highest BCUT2D eigenvalue weighted by Crippen LogP contribution is 2.23. The Bertz CT molecular complexity index is 275. The minimum atomic E-state index is -0.0970. The molecule has 4 heteroatoms. The van der Waals surface area contributed by atoms with Crippen LogP contribution in [0.5, 0.6) is 0 Å². The average molecular weight is 268 g/mol. The lowest BCUT2D eigenvalue weighted by molar-refractivity contribution is -0.141. The number of nitrogens with zero attached hydrogens (tertiary/aromatic N) is 1. The van der Waals surface area contributed by atoms with Gasteiger partial charge in [-0.05, 0) is 32.4 Å². The molecule has 1 saturated heterocycles. The summed E-state index contributed by atoms with van der Waals surface area (Å²) in [6, 6.07) is 1.00. The number of nitrogens with one attached hydrogen (secondary N) is 1. The van der Waals surface area contributed by atoms with Crippen LogP contribution in [0.25, 0.3) is 0 Å². The Morgan fingerprint density at radius 1 is 1.21 bits per heavy atom. The van der Waals surface area contributed by atoms with Crippen molar-refractivity contribution in [3.8, 4) is 0 Å². The summed E-state index contributed by atoms with van der Waals surface area (Å²) in [5.74, 6) is -0.0970. The van der Waals surface area contributed by atoms with Gasteiger partial charge in [-0.15, -0.1) is 0 Å². The number of carbonyl (C=O) groups is 1. The highest BCUT2D eigenvalue weighted by molar-refractivity contribution is 5.69. The fourth-order valence-corrected chi connectivity index (χ4v) is 3.40. The van der Waals surface area contributed by atoms with E-state index >= 15 is 0 Å². The van der Waals surface area contributed by atoms with E-state index in [1.165, 1.54) is 58.6 Å². The van der Waals surface area contributed by atoms with Gasteiger partial charge in [-0.3, -0.25) is 9.69 Å². The van der Waals surface area contributed by atoms with Crippen LogP contribution in [0.4, 0.5) is 0 Å². The summed E-state index contributed by atoms with van der Waals surface area (Å²) in [5, 5.41) is 3.49. The van der Waals surface area contributed by atoms with Crippen molar-refractivity contribution >= 4 is 5.97 Å². The minimum absolute atomic E-state index is 0.0970. The maximum absolute atomic E-state index is 11.4. The minimum Gasteiger partial charge on any atom is -0.469 e. The molecule has 1 saturated carbocycles. The summed E-state index contributed by atoms with van der Waals surface area (Å²) >= 11 is 0. The Hall–Kier alpha value is -0.610. The lowest BCUT2D eigenvalue weighted by atomic mass is 10.1. The van der Waals surface area contributed by atoms with Gasteiger partial charge in [0.15, 0.2) is 0 Å². The van der Waals surface area contributed by atoms with Crippen molar-refractivity contribution in [3.63, 3.8) is 0 Å². The van der Waals surface area contributed by atoms with Gasteiger partial charge in [-0.25, -0.2) is 0 Å². The van der Waals surface area contributed by atoms with Crippen LogP contribution in [0.15, 0.2) is 0 Å². The third-order valence-corrected chi connectivity index (χ3v) is 4.49. The van der Waals surface area contributed by atoms with E-state index in [-0.39, 0.29) is 12.0 Å². The molecule has 2 aliphatic rings. The van der Waals surface area contributed by atoms with Crippen LogP contribution in [0, 0.1) is 0 Å². The second-order valence-corrected chi connectivity index (χ2v) is 5.93. The van der Waals surface area contributed by atoms with Gasteiger partial charge in [0.2, 0.25) is 0 Å². The summed E-state index contributed by atoms with van der Waals surface area (Å²) in [7, 11) is 1.47. The molecule has 1 N–H and O–H groups in total. The van der Waals surface area contributed by atoms with Crippen LogP contribution in [0.1, 0.15) is 51.4 Å². The van der Waals surface area contributed by atoms with E-state index in [0.717, 1.165) is 19.1 Å². The van der Waals surface area contributed by atoms with Crippen LogP contribution in [-0.2, 0) is 9.53 Å². The zero-order valence-corrected chi connectivity index (χ0v) is 12.2. The van der Waals surface area contributed by atoms with E-state index in [4.69, 9.17) is 4.74 Å². The molecule has 110 valence electrons. The number of esters is 1. The van der Waals surface area contributed by atoms with E-state index in [0.29, 0.717) is 6.42 Å². The maximum atomic E-state index is 11.4. The number of ether oxygens (including phenoxy) is 1. The van der Waals surface area contributed by atoms with Gasteiger partial charge in [0, 0.05) is 18.6 Å². The van der Waals surface area contributed by atoms with E-state index in [9.17, 15) is 4.79 Å². The summed E-state index contributed by atoms with van der Waals surface area (Å²) in [6.07, 6.45) is 9.90. The third kappa shape index (κ3) is 4.77. The molecule has 0 spiro atoms. The maximum Gasteiger partial charge on any atom is 0.307 e. The standard InChI is InChI=1S/C15H28N2O2/c1-19-15(18)11-13-12-17(10-6-9-16-13)14-7-4-2-3-5-8-14/h13-14,16H,2-12H2,1H3. The second kappa shape index (κ2) is 7.85. The molecule has 1 aliphatic heterocycles. The average Bonchev–Trinajstić information content (AvgIpc) is 2.80. The van der Waals surface area contributed by atoms with Crippen molar-refractivity contribution < 1.29 is 9.53 Å². The monoisotopic (exact) mass is 268 g/mol. The smallest absolute Gasteiger partial charge is 0.307 e. The topological polar surface area (TPSA) is 41.6 Å². The molecule has 0 bridgehead atoms. The van der Waals surface area contributed by atoms with Crippen molar-refractivity contribution in [2.45, 2.75) is 63.5 Å². The van der Waals surface area contributed by atoms with E-state index in [1.807, 2.05) is 0 Å². The van der Waals surface area contributed by atoms with Crippen LogP contribution in [0.2, 0.25) is 0 Å². The van der Waals surface area contributed by atoms with Gasteiger partial charge < -0.3 is 10.1 Å². The van der Waals surface area contributed by atoms with Crippen molar-refractivity contribution in [1.29, 1.82) is 0 Å². The van der Waals surface area contributed by atoms with Gasteiger partial charge in [0.25, 0.3) is 0 Å². The predicted octanol–water partition coefficient (Wildman–Crippen LogP) is 1.94. The van der Waals surface area contributed by atoms with Crippen molar-refractivity contribution in [2.24, 2.45) is 0 Å². The molecule has 1 aliphatic carbocycles. The molecule has 0 amide bonds. The molecule has 2 rings (SSSR count). The molecule has 4 nitrogen and oxygen atoms in total. The van der Waals surface area contributed by atoms with Gasteiger partial charge in [-0.1, -0.05) is 25.7 Å². The number of methoxy groups -OCH3 is 1. The van der Waals surface area contributed by atoms with Crippen molar-refractivity contribution in [1.82, 2.24) is 10.2 Å². The fourth-order valence-electron chi connectivity index (χ4n) is 3.40. The number of rotatable bonds is 3. The Kier molecular flexibility index (Phi) is 6.11. The second-order valence-electron chi connectivity index (χ2n) is 5.93. The first kappa shape index (κ1) is 14.8. The highest BCUT2D eigenvalue weighted by Gasteiger charge is 2.26. The van der Waals surface area contributed by atoms with Crippen LogP contribution >= 0.6 is 0 Å². The van der Waals surface area contributed by atoms with Crippen molar-refractivity contribution in [3.05, 3.63) is 0 Å². The number of hydrogen-bond donors (Lipinski definition) is 1. The zero-order valence-electron chi connectivity index (χ0n) is 12.2. The van der Waals surface area contributed by atoms with Gasteiger partial charge in [-0.2, -0.15) is 0 Å². The van der Waals surface area contributed by atoms with Crippen LogP contribution in [-0.4, -0.2) is 49.7 Å². The van der Waals surface area contributed by atoms with E-state index < -0.39 is 0 Å².